The predicted octanol–water partition coefficient (Wildman–Crippen LogP) is 7.18. The first-order valence-electron chi connectivity index (χ1n) is 16.8. The topological polar surface area (TPSA) is 96.7 Å². The lowest BCUT2D eigenvalue weighted by molar-refractivity contribution is -0.197. The van der Waals surface area contributed by atoms with Crippen molar-refractivity contribution < 1.29 is 46.0 Å². The van der Waals surface area contributed by atoms with Gasteiger partial charge in [0.25, 0.3) is 0 Å². The average Bonchev–Trinajstić information content (AvgIpc) is 3.41. The Labute approximate surface area is 284 Å². The molecule has 0 saturated carbocycles. The molecule has 1 saturated heterocycles. The van der Waals surface area contributed by atoms with Gasteiger partial charge in [0.15, 0.2) is 17.9 Å². The molecule has 1 aromatic carbocycles. The van der Waals surface area contributed by atoms with Gasteiger partial charge in [-0.1, -0.05) is 6.07 Å². The summed E-state index contributed by atoms with van der Waals surface area (Å²) in [5.41, 5.74) is 1.19. The summed E-state index contributed by atoms with van der Waals surface area (Å²) in [5.74, 6) is -0.827. The molecule has 1 unspecified atom stereocenters. The van der Waals surface area contributed by atoms with Crippen LogP contribution in [0.4, 0.5) is 23.4 Å². The molecule has 270 valence electrons. The van der Waals surface area contributed by atoms with Crippen molar-refractivity contribution in [2.75, 3.05) is 31.2 Å². The van der Waals surface area contributed by atoms with Crippen LogP contribution in [0.2, 0.25) is 0 Å². The van der Waals surface area contributed by atoms with Crippen molar-refractivity contribution in [2.45, 2.75) is 116 Å². The van der Waals surface area contributed by atoms with Crippen LogP contribution < -0.4 is 9.64 Å². The molecular formula is C35H46F4N4O6. The second-order valence-corrected chi connectivity index (χ2v) is 13.9. The van der Waals surface area contributed by atoms with Crippen molar-refractivity contribution in [1.82, 2.24) is 14.6 Å². The molecule has 0 aliphatic carbocycles. The van der Waals surface area contributed by atoms with Gasteiger partial charge in [-0.05, 0) is 79.7 Å². The van der Waals surface area contributed by atoms with E-state index in [1.54, 1.807) is 17.5 Å². The molecule has 6 rings (SSSR count). The number of aryl methyl sites for hydroxylation is 1. The molecule has 4 bridgehead atoms. The Morgan fingerprint density at radius 1 is 1.12 bits per heavy atom. The molecule has 3 aliphatic rings. The zero-order valence-electron chi connectivity index (χ0n) is 29.0. The Hall–Kier alpha value is -3.49. The zero-order chi connectivity index (χ0) is 35.6. The van der Waals surface area contributed by atoms with E-state index in [0.29, 0.717) is 60.8 Å². The molecular weight excluding hydrogens is 648 g/mol. The minimum Gasteiger partial charge on any atom is -0.480 e. The van der Waals surface area contributed by atoms with Crippen molar-refractivity contribution in [3.8, 4) is 5.75 Å². The highest BCUT2D eigenvalue weighted by Crippen LogP contribution is 2.39. The first kappa shape index (κ1) is 36.8. The Morgan fingerprint density at radius 2 is 1.86 bits per heavy atom. The van der Waals surface area contributed by atoms with Gasteiger partial charge < -0.3 is 28.6 Å². The van der Waals surface area contributed by atoms with Crippen LogP contribution >= 0.6 is 0 Å². The summed E-state index contributed by atoms with van der Waals surface area (Å²) in [4.78, 5) is 20.4. The maximum atomic E-state index is 14.2. The van der Waals surface area contributed by atoms with Crippen LogP contribution in [-0.4, -0.2) is 70.4 Å². The number of ether oxygens (including phenoxy) is 5. The highest BCUT2D eigenvalue weighted by Gasteiger charge is 2.42. The maximum Gasteiger partial charge on any atom is 0.425 e. The first-order valence-corrected chi connectivity index (χ1v) is 16.8. The standard InChI is InChI=1S/C35H46F4N4O6/c1-7-46-32(44)30(49-33(3,4)5)29-22(2)40-28-19-25-21-45-20-23-11-12-24(36)18-26(23)48-27(35(37,38)39)10-8-9-17-47-34(6)13-15-42(16-14-34)31(29)43(28)41-25/h11-12,18-19,27,30H,7-10,13-17,20-21H2,1-6H3/t27?,30-/m0/s1. The molecule has 3 aliphatic heterocycles. The number of esters is 1. The molecule has 49 heavy (non-hydrogen) atoms. The average molecular weight is 695 g/mol. The molecule has 0 amide bonds. The number of anilines is 1. The summed E-state index contributed by atoms with van der Waals surface area (Å²) in [5, 5.41) is 4.83. The fourth-order valence-electron chi connectivity index (χ4n) is 6.19. The highest BCUT2D eigenvalue weighted by atomic mass is 19.4. The quantitative estimate of drug-likeness (QED) is 0.208. The molecule has 2 atom stereocenters. The second kappa shape index (κ2) is 14.8. The lowest BCUT2D eigenvalue weighted by atomic mass is 9.92. The molecule has 3 aromatic rings. The third kappa shape index (κ3) is 9.01. The number of fused-ring (bicyclic) bond motifs is 10. The van der Waals surface area contributed by atoms with E-state index in [2.05, 4.69) is 4.90 Å². The number of rotatable bonds is 4. The highest BCUT2D eigenvalue weighted by molar-refractivity contribution is 5.80. The zero-order valence-corrected chi connectivity index (χ0v) is 29.0. The fourth-order valence-corrected chi connectivity index (χ4v) is 6.19. The third-order valence-electron chi connectivity index (χ3n) is 8.69. The van der Waals surface area contributed by atoms with Gasteiger partial charge in [-0.3, -0.25) is 0 Å². The summed E-state index contributed by atoms with van der Waals surface area (Å²) in [6.45, 7) is 12.5. The molecule has 14 heteroatoms. The van der Waals surface area contributed by atoms with Gasteiger partial charge in [0.1, 0.15) is 17.4 Å². The number of benzene rings is 1. The molecule has 2 aromatic heterocycles. The predicted molar refractivity (Wildman–Crippen MR) is 173 cm³/mol. The van der Waals surface area contributed by atoms with Crippen LogP contribution in [0, 0.1) is 12.7 Å². The van der Waals surface area contributed by atoms with E-state index in [1.165, 1.54) is 6.07 Å². The Bertz CT molecular complexity index is 1610. The number of carbonyl (C=O) groups excluding carboxylic acids is 1. The van der Waals surface area contributed by atoms with Crippen LogP contribution in [0.3, 0.4) is 0 Å². The third-order valence-corrected chi connectivity index (χ3v) is 8.69. The van der Waals surface area contributed by atoms with Gasteiger partial charge in [0.05, 0.1) is 42.3 Å². The van der Waals surface area contributed by atoms with E-state index in [-0.39, 0.29) is 50.6 Å². The van der Waals surface area contributed by atoms with E-state index >= 15 is 0 Å². The largest absolute Gasteiger partial charge is 0.480 e. The number of hydrogen-bond donors (Lipinski definition) is 0. The Morgan fingerprint density at radius 3 is 2.53 bits per heavy atom. The lowest BCUT2D eigenvalue weighted by Crippen LogP contribution is -2.46. The number of halogens is 4. The second-order valence-electron chi connectivity index (χ2n) is 13.9. The van der Waals surface area contributed by atoms with E-state index in [9.17, 15) is 22.4 Å². The van der Waals surface area contributed by atoms with Crippen LogP contribution in [0.1, 0.15) is 95.3 Å². The summed E-state index contributed by atoms with van der Waals surface area (Å²) < 4.78 is 87.4. The summed E-state index contributed by atoms with van der Waals surface area (Å²) in [6.07, 6.45) is -6.31. The van der Waals surface area contributed by atoms with E-state index in [4.69, 9.17) is 33.8 Å². The van der Waals surface area contributed by atoms with E-state index in [0.717, 1.165) is 12.1 Å². The van der Waals surface area contributed by atoms with E-state index < -0.39 is 41.4 Å². The summed E-state index contributed by atoms with van der Waals surface area (Å²) >= 11 is 0. The fraction of sp³-hybridized carbons (Fsp3) is 0.629. The number of piperidine rings is 1. The monoisotopic (exact) mass is 694 g/mol. The van der Waals surface area contributed by atoms with Crippen molar-refractivity contribution in [1.29, 1.82) is 0 Å². The molecule has 0 spiro atoms. The lowest BCUT2D eigenvalue weighted by Gasteiger charge is -2.41. The van der Waals surface area contributed by atoms with Gasteiger partial charge in [0.2, 0.25) is 0 Å². The number of aromatic nitrogens is 3. The normalized spacial score (nSPS) is 22.1. The SMILES string of the molecule is CCOC(=O)[C@@H](OC(C)(C)C)c1c(C)nc2cc3nn2c1N1CCC(C)(CC1)OCCCCC(C(F)(F)F)Oc1cc(F)ccc1COC3. The molecule has 0 N–H and O–H groups in total. The molecule has 0 radical (unpaired) electrons. The van der Waals surface area contributed by atoms with Gasteiger partial charge in [-0.2, -0.15) is 22.8 Å². The van der Waals surface area contributed by atoms with E-state index in [1.807, 2.05) is 34.6 Å². The maximum absolute atomic E-state index is 14.2. The van der Waals surface area contributed by atoms with Crippen molar-refractivity contribution in [3.05, 3.63) is 52.6 Å². The van der Waals surface area contributed by atoms with Gasteiger partial charge in [-0.25, -0.2) is 14.2 Å². The van der Waals surface area contributed by atoms with Gasteiger partial charge in [-0.15, -0.1) is 0 Å². The summed E-state index contributed by atoms with van der Waals surface area (Å²) in [7, 11) is 0. The van der Waals surface area contributed by atoms with Crippen LogP contribution in [0.15, 0.2) is 24.3 Å². The van der Waals surface area contributed by atoms with Crippen molar-refractivity contribution in [2.24, 2.45) is 0 Å². The number of carbonyl (C=O) groups is 1. The number of hydrogen-bond acceptors (Lipinski definition) is 9. The number of nitrogens with zero attached hydrogens (tertiary/aromatic N) is 4. The van der Waals surface area contributed by atoms with Crippen molar-refractivity contribution in [3.63, 3.8) is 0 Å². The van der Waals surface area contributed by atoms with Gasteiger partial charge >= 0.3 is 12.1 Å². The minimum atomic E-state index is -4.65. The Kier molecular flexibility index (Phi) is 11.1. The summed E-state index contributed by atoms with van der Waals surface area (Å²) in [6, 6.07) is 5.21. The first-order chi connectivity index (χ1) is 23.1. The Balaban J connectivity index is 1.57. The molecule has 10 nitrogen and oxygen atoms in total. The molecule has 1 fully saturated rings. The number of alkyl halides is 3. The van der Waals surface area contributed by atoms with Gasteiger partial charge in [0, 0.05) is 43.1 Å². The van der Waals surface area contributed by atoms with Crippen LogP contribution in [-0.2, 0) is 37.0 Å². The van der Waals surface area contributed by atoms with Crippen LogP contribution in [0.5, 0.6) is 5.75 Å². The molecule has 5 heterocycles. The smallest absolute Gasteiger partial charge is 0.425 e. The van der Waals surface area contributed by atoms with Crippen molar-refractivity contribution >= 4 is 17.4 Å². The van der Waals surface area contributed by atoms with Crippen LogP contribution in [0.25, 0.3) is 5.65 Å². The minimum absolute atomic E-state index is 0.0254.